The first-order valence-corrected chi connectivity index (χ1v) is 5.18. The van der Waals surface area contributed by atoms with E-state index in [0.29, 0.717) is 6.54 Å². The highest BCUT2D eigenvalue weighted by molar-refractivity contribution is 5.22. The van der Waals surface area contributed by atoms with Crippen LogP contribution in [0.25, 0.3) is 0 Å². The van der Waals surface area contributed by atoms with Crippen molar-refractivity contribution in [2.24, 2.45) is 5.73 Å². The van der Waals surface area contributed by atoms with Crippen molar-refractivity contribution in [3.8, 4) is 0 Å². The van der Waals surface area contributed by atoms with Crippen LogP contribution < -0.4 is 5.73 Å². The number of imidazole rings is 1. The monoisotopic (exact) mass is 217 g/mol. The summed E-state index contributed by atoms with van der Waals surface area (Å²) in [6.07, 6.45) is 5.16. The largest absolute Gasteiger partial charge is 0.382 e. The Kier molecular flexibility index (Phi) is 3.03. The average Bonchev–Trinajstić information content (AvgIpc) is 2.83. The minimum Gasteiger partial charge on any atom is -0.382 e. The van der Waals surface area contributed by atoms with Crippen molar-refractivity contribution in [2.45, 2.75) is 12.1 Å². The van der Waals surface area contributed by atoms with Crippen LogP contribution in [0.4, 0.5) is 0 Å². The van der Waals surface area contributed by atoms with Gasteiger partial charge in [-0.25, -0.2) is 4.98 Å². The highest BCUT2D eigenvalue weighted by atomic mass is 16.3. The molecular formula is C12H15N3O. The van der Waals surface area contributed by atoms with Gasteiger partial charge in [0.05, 0.1) is 12.9 Å². The normalized spacial score (nSPS) is 14.6. The molecule has 1 aromatic heterocycles. The van der Waals surface area contributed by atoms with E-state index in [2.05, 4.69) is 4.98 Å². The molecule has 16 heavy (non-hydrogen) atoms. The summed E-state index contributed by atoms with van der Waals surface area (Å²) in [5, 5.41) is 10.5. The second-order valence-electron chi connectivity index (χ2n) is 3.84. The third-order valence-electron chi connectivity index (χ3n) is 2.65. The van der Waals surface area contributed by atoms with Crippen LogP contribution in [0, 0.1) is 0 Å². The molecule has 2 aromatic rings. The maximum absolute atomic E-state index is 10.5. The van der Waals surface area contributed by atoms with Crippen LogP contribution in [0.15, 0.2) is 49.1 Å². The van der Waals surface area contributed by atoms with Gasteiger partial charge in [0.1, 0.15) is 5.60 Å². The molecular weight excluding hydrogens is 202 g/mol. The van der Waals surface area contributed by atoms with Crippen LogP contribution >= 0.6 is 0 Å². The van der Waals surface area contributed by atoms with Crippen molar-refractivity contribution >= 4 is 0 Å². The van der Waals surface area contributed by atoms with Gasteiger partial charge in [0.15, 0.2) is 0 Å². The number of benzene rings is 1. The van der Waals surface area contributed by atoms with Crippen molar-refractivity contribution in [1.29, 1.82) is 0 Å². The third kappa shape index (κ3) is 2.13. The second-order valence-corrected chi connectivity index (χ2v) is 3.84. The molecule has 1 unspecified atom stereocenters. The molecule has 0 saturated carbocycles. The van der Waals surface area contributed by atoms with E-state index >= 15 is 0 Å². The Morgan fingerprint density at radius 3 is 2.62 bits per heavy atom. The molecule has 0 aliphatic rings. The number of nitrogens with zero attached hydrogens (tertiary/aromatic N) is 2. The molecule has 0 bridgehead atoms. The molecule has 1 aromatic carbocycles. The Hall–Kier alpha value is -1.65. The summed E-state index contributed by atoms with van der Waals surface area (Å²) < 4.78 is 1.82. The minimum absolute atomic E-state index is 0.176. The van der Waals surface area contributed by atoms with E-state index in [-0.39, 0.29) is 6.54 Å². The average molecular weight is 217 g/mol. The second kappa shape index (κ2) is 4.47. The topological polar surface area (TPSA) is 64.1 Å². The van der Waals surface area contributed by atoms with Gasteiger partial charge in [0, 0.05) is 18.9 Å². The zero-order chi connectivity index (χ0) is 11.4. The maximum Gasteiger partial charge on any atom is 0.120 e. The molecule has 0 aliphatic carbocycles. The zero-order valence-electron chi connectivity index (χ0n) is 8.95. The van der Waals surface area contributed by atoms with Crippen molar-refractivity contribution in [2.75, 3.05) is 6.54 Å². The SMILES string of the molecule is NCC(O)(Cn1ccnc1)c1ccccc1. The maximum atomic E-state index is 10.5. The fraction of sp³-hybridized carbons (Fsp3) is 0.250. The summed E-state index contributed by atoms with van der Waals surface area (Å²) in [6.45, 7) is 0.586. The van der Waals surface area contributed by atoms with E-state index in [9.17, 15) is 5.11 Å². The Balaban J connectivity index is 2.26. The van der Waals surface area contributed by atoms with Crippen molar-refractivity contribution in [3.63, 3.8) is 0 Å². The third-order valence-corrected chi connectivity index (χ3v) is 2.65. The summed E-state index contributed by atoms with van der Waals surface area (Å²) in [6, 6.07) is 9.46. The first kappa shape index (κ1) is 10.9. The molecule has 4 nitrogen and oxygen atoms in total. The van der Waals surface area contributed by atoms with E-state index in [1.807, 2.05) is 41.1 Å². The summed E-state index contributed by atoms with van der Waals surface area (Å²) in [5.74, 6) is 0. The lowest BCUT2D eigenvalue weighted by atomic mass is 9.94. The molecule has 0 aliphatic heterocycles. The fourth-order valence-electron chi connectivity index (χ4n) is 1.70. The fourth-order valence-corrected chi connectivity index (χ4v) is 1.70. The molecule has 84 valence electrons. The van der Waals surface area contributed by atoms with E-state index in [0.717, 1.165) is 5.56 Å². The molecule has 0 radical (unpaired) electrons. The molecule has 1 atom stereocenters. The Bertz CT molecular complexity index is 427. The Labute approximate surface area is 94.4 Å². The van der Waals surface area contributed by atoms with Crippen LogP contribution in [0.1, 0.15) is 5.56 Å². The van der Waals surface area contributed by atoms with Gasteiger partial charge in [-0.2, -0.15) is 0 Å². The van der Waals surface area contributed by atoms with Crippen molar-refractivity contribution < 1.29 is 5.11 Å². The smallest absolute Gasteiger partial charge is 0.120 e. The molecule has 3 N–H and O–H groups in total. The van der Waals surface area contributed by atoms with Crippen LogP contribution in [0.3, 0.4) is 0 Å². The number of nitrogens with two attached hydrogens (primary N) is 1. The molecule has 2 rings (SSSR count). The number of rotatable bonds is 4. The summed E-state index contributed by atoms with van der Waals surface area (Å²) in [4.78, 5) is 3.95. The summed E-state index contributed by atoms with van der Waals surface area (Å²) in [7, 11) is 0. The summed E-state index contributed by atoms with van der Waals surface area (Å²) in [5.41, 5.74) is 5.46. The van der Waals surface area contributed by atoms with Crippen molar-refractivity contribution in [3.05, 3.63) is 54.6 Å². The van der Waals surface area contributed by atoms with Gasteiger partial charge < -0.3 is 15.4 Å². The van der Waals surface area contributed by atoms with Crippen LogP contribution in [0.5, 0.6) is 0 Å². The first-order chi connectivity index (χ1) is 7.74. The molecule has 4 heteroatoms. The number of hydrogen-bond donors (Lipinski definition) is 2. The predicted octanol–water partition coefficient (Wildman–Crippen LogP) is 0.730. The van der Waals surface area contributed by atoms with Crippen LogP contribution in [0.2, 0.25) is 0 Å². The van der Waals surface area contributed by atoms with Gasteiger partial charge in [-0.1, -0.05) is 30.3 Å². The van der Waals surface area contributed by atoms with Gasteiger partial charge in [0.2, 0.25) is 0 Å². The molecule has 0 fully saturated rings. The number of aromatic nitrogens is 2. The lowest BCUT2D eigenvalue weighted by Gasteiger charge is -2.27. The Morgan fingerprint density at radius 1 is 1.31 bits per heavy atom. The van der Waals surface area contributed by atoms with Gasteiger partial charge in [-0.05, 0) is 5.56 Å². The summed E-state index contributed by atoms with van der Waals surface area (Å²) >= 11 is 0. The van der Waals surface area contributed by atoms with Crippen LogP contribution in [-0.2, 0) is 12.1 Å². The van der Waals surface area contributed by atoms with Crippen LogP contribution in [-0.4, -0.2) is 21.2 Å². The van der Waals surface area contributed by atoms with E-state index in [4.69, 9.17) is 5.73 Å². The first-order valence-electron chi connectivity index (χ1n) is 5.18. The van der Waals surface area contributed by atoms with E-state index in [1.54, 1.807) is 12.5 Å². The number of hydrogen-bond acceptors (Lipinski definition) is 3. The zero-order valence-corrected chi connectivity index (χ0v) is 8.95. The molecule has 0 saturated heterocycles. The van der Waals surface area contributed by atoms with E-state index < -0.39 is 5.60 Å². The minimum atomic E-state index is -1.04. The van der Waals surface area contributed by atoms with Gasteiger partial charge in [-0.3, -0.25) is 0 Å². The highest BCUT2D eigenvalue weighted by Crippen LogP contribution is 2.21. The van der Waals surface area contributed by atoms with E-state index in [1.165, 1.54) is 0 Å². The lowest BCUT2D eigenvalue weighted by Crippen LogP contribution is -2.38. The molecule has 0 amide bonds. The highest BCUT2D eigenvalue weighted by Gasteiger charge is 2.27. The van der Waals surface area contributed by atoms with Gasteiger partial charge in [0.25, 0.3) is 0 Å². The van der Waals surface area contributed by atoms with Gasteiger partial charge in [-0.15, -0.1) is 0 Å². The van der Waals surface area contributed by atoms with Gasteiger partial charge >= 0.3 is 0 Å². The lowest BCUT2D eigenvalue weighted by molar-refractivity contribution is 0.0275. The standard InChI is InChI=1S/C12H15N3O/c13-8-12(16,9-15-7-6-14-10-15)11-4-2-1-3-5-11/h1-7,10,16H,8-9,13H2. The quantitative estimate of drug-likeness (QED) is 0.793. The number of aliphatic hydroxyl groups is 1. The van der Waals surface area contributed by atoms with Crippen molar-refractivity contribution in [1.82, 2.24) is 9.55 Å². The predicted molar refractivity (Wildman–Crippen MR) is 61.6 cm³/mol. The Morgan fingerprint density at radius 2 is 2.06 bits per heavy atom. The molecule has 1 heterocycles. The molecule has 0 spiro atoms.